The summed E-state index contributed by atoms with van der Waals surface area (Å²) in [6, 6.07) is 6.41. The van der Waals surface area contributed by atoms with Crippen molar-refractivity contribution in [3.05, 3.63) is 24.3 Å². The van der Waals surface area contributed by atoms with Crippen LogP contribution in [0.2, 0.25) is 0 Å². The molecule has 0 bridgehead atoms. The molecule has 0 aliphatic carbocycles. The Morgan fingerprint density at radius 1 is 1.32 bits per heavy atom. The Morgan fingerprint density at radius 3 is 2.53 bits per heavy atom. The van der Waals surface area contributed by atoms with E-state index in [1.165, 1.54) is 4.31 Å². The van der Waals surface area contributed by atoms with Crippen molar-refractivity contribution in [2.24, 2.45) is 0 Å². The van der Waals surface area contributed by atoms with Gasteiger partial charge in [-0.05, 0) is 50.7 Å². The second-order valence-electron chi connectivity index (χ2n) is 5.15. The first-order valence-corrected chi connectivity index (χ1v) is 7.87. The van der Waals surface area contributed by atoms with Crippen LogP contribution in [0.15, 0.2) is 29.2 Å². The Hall–Kier alpha value is -1.11. The van der Waals surface area contributed by atoms with Gasteiger partial charge in [0.25, 0.3) is 0 Å². The van der Waals surface area contributed by atoms with Crippen molar-refractivity contribution < 1.29 is 8.42 Å². The number of rotatable bonds is 3. The van der Waals surface area contributed by atoms with E-state index in [-0.39, 0.29) is 6.04 Å². The van der Waals surface area contributed by atoms with Crippen LogP contribution in [0, 0.1) is 0 Å². The maximum absolute atomic E-state index is 12.5. The number of likely N-dealkylation sites (N-methyl/N-ethyl adjacent to an activating group) is 2. The molecule has 106 valence electrons. The summed E-state index contributed by atoms with van der Waals surface area (Å²) in [5, 5.41) is 0. The first-order valence-electron chi connectivity index (χ1n) is 6.43. The van der Waals surface area contributed by atoms with Crippen LogP contribution >= 0.6 is 0 Å². The summed E-state index contributed by atoms with van der Waals surface area (Å²) in [6.07, 6.45) is 1.94. The van der Waals surface area contributed by atoms with Crippen LogP contribution in [-0.4, -0.2) is 50.8 Å². The van der Waals surface area contributed by atoms with Crippen LogP contribution in [0.4, 0.5) is 5.69 Å². The van der Waals surface area contributed by atoms with Gasteiger partial charge in [0.15, 0.2) is 0 Å². The van der Waals surface area contributed by atoms with Crippen LogP contribution in [0.3, 0.4) is 0 Å². The topological polar surface area (TPSA) is 66.6 Å². The third kappa shape index (κ3) is 3.08. The third-order valence-corrected chi connectivity index (χ3v) is 5.60. The Labute approximate surface area is 115 Å². The molecule has 1 aliphatic heterocycles. The van der Waals surface area contributed by atoms with E-state index >= 15 is 0 Å². The minimum Gasteiger partial charge on any atom is -0.399 e. The van der Waals surface area contributed by atoms with Crippen molar-refractivity contribution in [1.82, 2.24) is 9.21 Å². The van der Waals surface area contributed by atoms with Gasteiger partial charge in [0, 0.05) is 25.3 Å². The largest absolute Gasteiger partial charge is 0.399 e. The molecule has 0 aromatic heterocycles. The third-order valence-electron chi connectivity index (χ3n) is 3.67. The van der Waals surface area contributed by atoms with E-state index in [1.54, 1.807) is 31.3 Å². The number of likely N-dealkylation sites (tertiary alicyclic amines) is 1. The molecule has 6 heteroatoms. The Morgan fingerprint density at radius 2 is 1.95 bits per heavy atom. The number of sulfonamides is 1. The molecule has 19 heavy (non-hydrogen) atoms. The Bertz CT molecular complexity index is 527. The van der Waals surface area contributed by atoms with Crippen molar-refractivity contribution >= 4 is 15.7 Å². The molecule has 2 rings (SSSR count). The zero-order valence-corrected chi connectivity index (χ0v) is 12.2. The molecule has 0 saturated carbocycles. The summed E-state index contributed by atoms with van der Waals surface area (Å²) < 4.78 is 26.5. The molecule has 1 fully saturated rings. The molecule has 5 nitrogen and oxygen atoms in total. The zero-order chi connectivity index (χ0) is 14.0. The van der Waals surface area contributed by atoms with E-state index in [0.29, 0.717) is 10.6 Å². The number of nitrogen functional groups attached to an aromatic ring is 1. The lowest BCUT2D eigenvalue weighted by Crippen LogP contribution is -2.47. The lowest BCUT2D eigenvalue weighted by atomic mass is 10.1. The smallest absolute Gasteiger partial charge is 0.243 e. The standard InChI is InChI=1S/C13H21N3O2S/c1-15-9-3-4-12(10-15)16(2)19(17,18)13-7-5-11(14)6-8-13/h5-8,12H,3-4,9-10,14H2,1-2H3. The molecule has 0 amide bonds. The summed E-state index contributed by atoms with van der Waals surface area (Å²) >= 11 is 0. The van der Waals surface area contributed by atoms with Crippen molar-refractivity contribution in [3.63, 3.8) is 0 Å². The minimum absolute atomic E-state index is 0.0429. The average Bonchev–Trinajstić information content (AvgIpc) is 2.38. The highest BCUT2D eigenvalue weighted by molar-refractivity contribution is 7.89. The van der Waals surface area contributed by atoms with E-state index in [2.05, 4.69) is 4.90 Å². The monoisotopic (exact) mass is 283 g/mol. The van der Waals surface area contributed by atoms with Gasteiger partial charge in [0.1, 0.15) is 0 Å². The molecule has 1 aromatic carbocycles. The van der Waals surface area contributed by atoms with Crippen LogP contribution in [0.1, 0.15) is 12.8 Å². The maximum atomic E-state index is 12.5. The van der Waals surface area contributed by atoms with Gasteiger partial charge in [-0.25, -0.2) is 8.42 Å². The Kier molecular flexibility index (Phi) is 4.13. The Balaban J connectivity index is 2.21. The van der Waals surface area contributed by atoms with Gasteiger partial charge >= 0.3 is 0 Å². The molecular formula is C13H21N3O2S. The number of hydrogen-bond acceptors (Lipinski definition) is 4. The van der Waals surface area contributed by atoms with Crippen LogP contribution in [-0.2, 0) is 10.0 Å². The number of nitrogens with zero attached hydrogens (tertiary/aromatic N) is 2. The molecule has 1 unspecified atom stereocenters. The van der Waals surface area contributed by atoms with Crippen LogP contribution < -0.4 is 5.73 Å². The second kappa shape index (κ2) is 5.48. The van der Waals surface area contributed by atoms with E-state index in [0.717, 1.165) is 25.9 Å². The summed E-state index contributed by atoms with van der Waals surface area (Å²) in [5.74, 6) is 0. The van der Waals surface area contributed by atoms with Crippen molar-refractivity contribution in [2.75, 3.05) is 32.9 Å². The van der Waals surface area contributed by atoms with Crippen molar-refractivity contribution in [3.8, 4) is 0 Å². The molecule has 2 N–H and O–H groups in total. The average molecular weight is 283 g/mol. The number of anilines is 1. The predicted molar refractivity (Wildman–Crippen MR) is 76.3 cm³/mol. The summed E-state index contributed by atoms with van der Waals surface area (Å²) in [4.78, 5) is 2.47. The van der Waals surface area contributed by atoms with Crippen molar-refractivity contribution in [1.29, 1.82) is 0 Å². The van der Waals surface area contributed by atoms with E-state index < -0.39 is 10.0 Å². The highest BCUT2D eigenvalue weighted by atomic mass is 32.2. The molecule has 1 heterocycles. The first-order chi connectivity index (χ1) is 8.91. The second-order valence-corrected chi connectivity index (χ2v) is 7.15. The summed E-state index contributed by atoms with van der Waals surface area (Å²) in [5.41, 5.74) is 6.16. The molecule has 0 spiro atoms. The van der Waals surface area contributed by atoms with E-state index in [9.17, 15) is 8.42 Å². The number of piperidine rings is 1. The maximum Gasteiger partial charge on any atom is 0.243 e. The van der Waals surface area contributed by atoms with Crippen LogP contribution in [0.5, 0.6) is 0 Å². The molecular weight excluding hydrogens is 262 g/mol. The number of nitrogens with two attached hydrogens (primary N) is 1. The first kappa shape index (κ1) is 14.3. The van der Waals surface area contributed by atoms with Gasteiger partial charge in [-0.1, -0.05) is 0 Å². The SMILES string of the molecule is CN1CCCC(N(C)S(=O)(=O)c2ccc(N)cc2)C1. The van der Waals surface area contributed by atoms with E-state index in [1.807, 2.05) is 7.05 Å². The fourth-order valence-corrected chi connectivity index (χ4v) is 3.82. The molecule has 0 radical (unpaired) electrons. The van der Waals surface area contributed by atoms with Gasteiger partial charge in [-0.2, -0.15) is 4.31 Å². The van der Waals surface area contributed by atoms with Crippen molar-refractivity contribution in [2.45, 2.75) is 23.8 Å². The lowest BCUT2D eigenvalue weighted by Gasteiger charge is -2.35. The number of hydrogen-bond donors (Lipinski definition) is 1. The number of benzene rings is 1. The molecule has 1 saturated heterocycles. The predicted octanol–water partition coefficient (Wildman–Crippen LogP) is 0.983. The van der Waals surface area contributed by atoms with Gasteiger partial charge in [-0.3, -0.25) is 0 Å². The normalized spacial score (nSPS) is 21.7. The fraction of sp³-hybridized carbons (Fsp3) is 0.538. The fourth-order valence-electron chi connectivity index (χ4n) is 2.44. The summed E-state index contributed by atoms with van der Waals surface area (Å²) in [6.45, 7) is 1.82. The highest BCUT2D eigenvalue weighted by Crippen LogP contribution is 2.22. The molecule has 1 aromatic rings. The highest BCUT2D eigenvalue weighted by Gasteiger charge is 2.30. The van der Waals surface area contributed by atoms with E-state index in [4.69, 9.17) is 5.73 Å². The molecule has 1 aliphatic rings. The van der Waals surface area contributed by atoms with Gasteiger partial charge in [-0.15, -0.1) is 0 Å². The van der Waals surface area contributed by atoms with Gasteiger partial charge in [0.2, 0.25) is 10.0 Å². The van der Waals surface area contributed by atoms with Crippen LogP contribution in [0.25, 0.3) is 0 Å². The van der Waals surface area contributed by atoms with Gasteiger partial charge in [0.05, 0.1) is 4.90 Å². The minimum atomic E-state index is -3.43. The molecule has 1 atom stereocenters. The summed E-state index contributed by atoms with van der Waals surface area (Å²) in [7, 11) is 0.258. The lowest BCUT2D eigenvalue weighted by molar-refractivity contribution is 0.187. The zero-order valence-electron chi connectivity index (χ0n) is 11.4. The van der Waals surface area contributed by atoms with Gasteiger partial charge < -0.3 is 10.6 Å². The quantitative estimate of drug-likeness (QED) is 0.840.